The second-order valence-corrected chi connectivity index (χ2v) is 8.83. The molecule has 1 fully saturated rings. The lowest BCUT2D eigenvalue weighted by molar-refractivity contribution is -0.143. The monoisotopic (exact) mass is 392 g/mol. The Balaban J connectivity index is 2.45. The summed E-state index contributed by atoms with van der Waals surface area (Å²) in [5.41, 5.74) is -1.10. The zero-order valence-corrected chi connectivity index (χ0v) is 15.6. The molecule has 146 valence electrons. The summed E-state index contributed by atoms with van der Waals surface area (Å²) in [7, 11) is -2.85. The van der Waals surface area contributed by atoms with Gasteiger partial charge in [0.15, 0.2) is 9.84 Å². The van der Waals surface area contributed by atoms with Gasteiger partial charge in [-0.05, 0) is 30.0 Å². The van der Waals surface area contributed by atoms with Crippen molar-refractivity contribution in [2.24, 2.45) is 5.92 Å². The summed E-state index contributed by atoms with van der Waals surface area (Å²) in [4.78, 5) is 11.4. The third kappa shape index (κ3) is 4.99. The quantitative estimate of drug-likeness (QED) is 0.700. The molecule has 0 N–H and O–H groups in total. The summed E-state index contributed by atoms with van der Waals surface area (Å²) in [5, 5.41) is 0. The first-order chi connectivity index (χ1) is 12.0. The average Bonchev–Trinajstić information content (AvgIpc) is 2.58. The molecule has 1 aliphatic rings. The number of alkyl halides is 3. The molecular weight excluding hydrogens is 369 g/mol. The van der Waals surface area contributed by atoms with E-state index in [1.807, 2.05) is 0 Å². The Labute approximate surface area is 151 Å². The van der Waals surface area contributed by atoms with Crippen molar-refractivity contribution in [2.45, 2.75) is 55.5 Å². The van der Waals surface area contributed by atoms with Gasteiger partial charge in [0.25, 0.3) is 0 Å². The molecule has 1 aromatic carbocycles. The molecule has 0 heterocycles. The summed E-state index contributed by atoms with van der Waals surface area (Å²) in [6.07, 6.45) is 1.38. The normalized spacial score (nSPS) is 17.7. The number of ether oxygens (including phenoxy) is 1. The van der Waals surface area contributed by atoms with Crippen molar-refractivity contribution >= 4 is 15.8 Å². The molecule has 8 heteroatoms. The molecule has 1 aliphatic carbocycles. The van der Waals surface area contributed by atoms with Gasteiger partial charge in [-0.3, -0.25) is 4.79 Å². The smallest absolute Gasteiger partial charge is 0.417 e. The van der Waals surface area contributed by atoms with Crippen molar-refractivity contribution in [3.05, 3.63) is 29.3 Å². The van der Waals surface area contributed by atoms with Crippen LogP contribution in [-0.4, -0.2) is 27.8 Å². The zero-order chi connectivity index (χ0) is 19.5. The van der Waals surface area contributed by atoms with Crippen LogP contribution in [0.4, 0.5) is 13.2 Å². The summed E-state index contributed by atoms with van der Waals surface area (Å²) in [6.45, 7) is 0. The Morgan fingerprint density at radius 3 is 2.35 bits per heavy atom. The van der Waals surface area contributed by atoms with E-state index in [-0.39, 0.29) is 11.5 Å². The van der Waals surface area contributed by atoms with Crippen molar-refractivity contribution in [1.29, 1.82) is 0 Å². The van der Waals surface area contributed by atoms with Gasteiger partial charge in [-0.1, -0.05) is 38.2 Å². The number of benzene rings is 1. The summed E-state index contributed by atoms with van der Waals surface area (Å²) < 4.78 is 68.3. The molecule has 26 heavy (non-hydrogen) atoms. The van der Waals surface area contributed by atoms with E-state index in [1.165, 1.54) is 13.2 Å². The van der Waals surface area contributed by atoms with Crippen LogP contribution >= 0.6 is 0 Å². The number of carbonyl (C=O) groups excluding carboxylic acids is 1. The third-order valence-electron chi connectivity index (χ3n) is 4.89. The van der Waals surface area contributed by atoms with E-state index >= 15 is 0 Å². The fourth-order valence-electron chi connectivity index (χ4n) is 3.58. The molecule has 4 nitrogen and oxygen atoms in total. The van der Waals surface area contributed by atoms with Gasteiger partial charge in [0.2, 0.25) is 0 Å². The number of carbonyl (C=O) groups is 1. The molecule has 1 aromatic rings. The Morgan fingerprint density at radius 1 is 1.23 bits per heavy atom. The second-order valence-electron chi connectivity index (χ2n) is 6.84. The van der Waals surface area contributed by atoms with Gasteiger partial charge >= 0.3 is 12.1 Å². The van der Waals surface area contributed by atoms with Crippen molar-refractivity contribution < 1.29 is 31.1 Å². The SMILES string of the molecule is COC(=O)C(CC1CCCCC1)c1ccc(S(C)(=O)=O)c(C(F)(F)F)c1. The molecule has 0 bridgehead atoms. The van der Waals surface area contributed by atoms with Crippen LogP contribution < -0.4 is 0 Å². The summed E-state index contributed by atoms with van der Waals surface area (Å²) in [5.74, 6) is -1.19. The molecule has 0 aliphatic heterocycles. The van der Waals surface area contributed by atoms with Gasteiger partial charge in [0.05, 0.1) is 23.5 Å². The van der Waals surface area contributed by atoms with Crippen LogP contribution in [0.2, 0.25) is 0 Å². The van der Waals surface area contributed by atoms with E-state index in [2.05, 4.69) is 0 Å². The number of methoxy groups -OCH3 is 1. The number of hydrogen-bond acceptors (Lipinski definition) is 4. The van der Waals surface area contributed by atoms with Crippen LogP contribution in [0.25, 0.3) is 0 Å². The number of sulfone groups is 1. The fourth-order valence-corrected chi connectivity index (χ4v) is 4.47. The molecule has 0 saturated heterocycles. The predicted octanol–water partition coefficient (Wildman–Crippen LogP) is 4.34. The Kier molecular flexibility index (Phi) is 6.37. The minimum absolute atomic E-state index is 0.141. The van der Waals surface area contributed by atoms with Crippen LogP contribution in [0.15, 0.2) is 23.1 Å². The molecule has 0 radical (unpaired) electrons. The first-order valence-electron chi connectivity index (χ1n) is 8.53. The molecule has 1 atom stereocenters. The van der Waals surface area contributed by atoms with Crippen LogP contribution in [0.1, 0.15) is 55.6 Å². The highest BCUT2D eigenvalue weighted by atomic mass is 32.2. The lowest BCUT2D eigenvalue weighted by Crippen LogP contribution is -2.21. The average molecular weight is 392 g/mol. The first kappa shape index (κ1) is 20.7. The highest BCUT2D eigenvalue weighted by Crippen LogP contribution is 2.39. The second kappa shape index (κ2) is 7.98. The van der Waals surface area contributed by atoms with E-state index in [9.17, 15) is 26.4 Å². The topological polar surface area (TPSA) is 60.4 Å². The third-order valence-corrected chi connectivity index (χ3v) is 6.05. The molecule has 0 aromatic heterocycles. The number of halogens is 3. The Morgan fingerprint density at radius 2 is 1.85 bits per heavy atom. The predicted molar refractivity (Wildman–Crippen MR) is 90.5 cm³/mol. The van der Waals surface area contributed by atoms with Gasteiger partial charge in [0.1, 0.15) is 0 Å². The number of esters is 1. The van der Waals surface area contributed by atoms with Crippen molar-refractivity contribution in [3.63, 3.8) is 0 Å². The maximum atomic E-state index is 13.4. The zero-order valence-electron chi connectivity index (χ0n) is 14.8. The van der Waals surface area contributed by atoms with Gasteiger partial charge < -0.3 is 4.74 Å². The minimum atomic E-state index is -4.83. The van der Waals surface area contributed by atoms with Gasteiger partial charge in [-0.15, -0.1) is 0 Å². The standard InChI is InChI=1S/C18H23F3O4S/c1-25-17(22)14(10-12-6-4-3-5-7-12)13-8-9-16(26(2,23)24)15(11-13)18(19,20)21/h8-9,11-12,14H,3-7,10H2,1-2H3. The molecule has 2 rings (SSSR count). The van der Waals surface area contributed by atoms with Gasteiger partial charge in [-0.25, -0.2) is 8.42 Å². The summed E-state index contributed by atoms with van der Waals surface area (Å²) in [6, 6.07) is 3.00. The van der Waals surface area contributed by atoms with Crippen molar-refractivity contribution in [1.82, 2.24) is 0 Å². The minimum Gasteiger partial charge on any atom is -0.469 e. The van der Waals surface area contributed by atoms with E-state index in [4.69, 9.17) is 4.74 Å². The maximum absolute atomic E-state index is 13.4. The van der Waals surface area contributed by atoms with Crippen LogP contribution in [0.5, 0.6) is 0 Å². The van der Waals surface area contributed by atoms with Crippen LogP contribution in [0, 0.1) is 5.92 Å². The number of hydrogen-bond donors (Lipinski definition) is 0. The van der Waals surface area contributed by atoms with E-state index < -0.39 is 38.4 Å². The summed E-state index contributed by atoms with van der Waals surface area (Å²) >= 11 is 0. The molecule has 1 saturated carbocycles. The molecule has 1 unspecified atom stereocenters. The van der Waals surface area contributed by atoms with Crippen molar-refractivity contribution in [2.75, 3.05) is 13.4 Å². The Bertz CT molecular complexity index is 750. The molecular formula is C18H23F3O4S. The van der Waals surface area contributed by atoms with Crippen LogP contribution in [0.3, 0.4) is 0 Å². The van der Waals surface area contributed by atoms with Gasteiger partial charge in [0, 0.05) is 6.26 Å². The van der Waals surface area contributed by atoms with E-state index in [0.29, 0.717) is 6.42 Å². The van der Waals surface area contributed by atoms with Gasteiger partial charge in [-0.2, -0.15) is 13.2 Å². The lowest BCUT2D eigenvalue weighted by atomic mass is 9.80. The fraction of sp³-hybridized carbons (Fsp3) is 0.611. The molecule has 0 amide bonds. The van der Waals surface area contributed by atoms with E-state index in [0.717, 1.165) is 50.5 Å². The van der Waals surface area contributed by atoms with Crippen molar-refractivity contribution in [3.8, 4) is 0 Å². The number of rotatable bonds is 5. The van der Waals surface area contributed by atoms with E-state index in [1.54, 1.807) is 0 Å². The highest BCUT2D eigenvalue weighted by molar-refractivity contribution is 7.90. The first-order valence-corrected chi connectivity index (χ1v) is 10.4. The molecule has 0 spiro atoms. The lowest BCUT2D eigenvalue weighted by Gasteiger charge is -2.26. The largest absolute Gasteiger partial charge is 0.469 e. The maximum Gasteiger partial charge on any atom is 0.417 e. The Hall–Kier alpha value is -1.57. The van der Waals surface area contributed by atoms with Crippen LogP contribution in [-0.2, 0) is 25.5 Å². The highest BCUT2D eigenvalue weighted by Gasteiger charge is 2.38.